The molecular formula is C23H30F2O5. The van der Waals surface area contributed by atoms with Crippen LogP contribution in [0.25, 0.3) is 0 Å². The maximum absolute atomic E-state index is 16.9. The number of alkyl halides is 2. The summed E-state index contributed by atoms with van der Waals surface area (Å²) in [5.74, 6) is -2.60. The Morgan fingerprint density at radius 2 is 1.97 bits per heavy atom. The highest BCUT2D eigenvalue weighted by Gasteiger charge is 2.75. The van der Waals surface area contributed by atoms with Gasteiger partial charge in [-0.1, -0.05) is 13.0 Å². The van der Waals surface area contributed by atoms with Crippen LogP contribution in [0.3, 0.4) is 0 Å². The third-order valence-corrected chi connectivity index (χ3v) is 8.46. The minimum Gasteiger partial charge on any atom is -0.461 e. The third-order valence-electron chi connectivity index (χ3n) is 8.46. The lowest BCUT2D eigenvalue weighted by atomic mass is 9.44. The average molecular weight is 424 g/mol. The van der Waals surface area contributed by atoms with Gasteiger partial charge in [-0.2, -0.15) is 0 Å². The lowest BCUT2D eigenvalue weighted by Gasteiger charge is -2.62. The first-order chi connectivity index (χ1) is 13.8. The first-order valence-corrected chi connectivity index (χ1v) is 10.7. The van der Waals surface area contributed by atoms with Gasteiger partial charge in [0.1, 0.15) is 6.17 Å². The van der Waals surface area contributed by atoms with Gasteiger partial charge in [0.05, 0.1) is 12.2 Å². The Labute approximate surface area is 175 Å². The van der Waals surface area contributed by atoms with Crippen molar-refractivity contribution in [1.29, 1.82) is 0 Å². The fourth-order valence-electron chi connectivity index (χ4n) is 6.86. The molecule has 3 saturated carbocycles. The van der Waals surface area contributed by atoms with Crippen LogP contribution in [0, 0.1) is 22.7 Å². The number of rotatable bonds is 2. The Morgan fingerprint density at radius 1 is 1.30 bits per heavy atom. The van der Waals surface area contributed by atoms with Crippen LogP contribution in [0.2, 0.25) is 0 Å². The van der Waals surface area contributed by atoms with E-state index in [4.69, 9.17) is 4.74 Å². The summed E-state index contributed by atoms with van der Waals surface area (Å²) in [4.78, 5) is 24.6. The van der Waals surface area contributed by atoms with E-state index >= 15 is 8.78 Å². The number of aliphatic hydroxyl groups is 2. The van der Waals surface area contributed by atoms with Crippen LogP contribution in [0.5, 0.6) is 0 Å². The fourth-order valence-corrected chi connectivity index (χ4v) is 6.86. The molecule has 0 spiro atoms. The van der Waals surface area contributed by atoms with Gasteiger partial charge in [-0.3, -0.25) is 4.79 Å². The number of carbonyl (C=O) groups excluding carboxylic acids is 2. The van der Waals surface area contributed by atoms with E-state index in [1.807, 2.05) is 0 Å². The number of hydrogen-bond donors (Lipinski definition) is 2. The van der Waals surface area contributed by atoms with Gasteiger partial charge in [0, 0.05) is 16.7 Å². The minimum absolute atomic E-state index is 0.0591. The van der Waals surface area contributed by atoms with Crippen LogP contribution in [0.15, 0.2) is 23.8 Å². The van der Waals surface area contributed by atoms with Crippen molar-refractivity contribution in [2.45, 2.75) is 83.0 Å². The number of carbonyl (C=O) groups is 2. The molecule has 8 atom stereocenters. The number of esters is 1. The van der Waals surface area contributed by atoms with Gasteiger partial charge >= 0.3 is 5.97 Å². The molecule has 0 aromatic carbocycles. The van der Waals surface area contributed by atoms with Crippen molar-refractivity contribution >= 4 is 11.8 Å². The van der Waals surface area contributed by atoms with Crippen LogP contribution in [-0.4, -0.2) is 51.6 Å². The molecule has 2 unspecified atom stereocenters. The number of ketones is 1. The standard InChI is InChI=1S/C23H30F2O5/c1-12(2)30-19(28)22(29)8-6-14-15-10-17(24)16-9-13(26)5-7-20(16,3)23(15,25)18(27)11-21(14,22)4/h5,7,9,12,14-15,17-18,27,29H,6,8,10-11H2,1-4H3/t14?,15?,17-,18-,20-,21-,22-,23-/m0/s1. The van der Waals surface area contributed by atoms with Crippen molar-refractivity contribution in [2.24, 2.45) is 22.7 Å². The molecule has 0 aliphatic heterocycles. The maximum Gasteiger partial charge on any atom is 0.338 e. The van der Waals surface area contributed by atoms with E-state index in [0.29, 0.717) is 6.42 Å². The zero-order chi connectivity index (χ0) is 22.3. The summed E-state index contributed by atoms with van der Waals surface area (Å²) in [7, 11) is 0. The fraction of sp³-hybridized carbons (Fsp3) is 0.739. The topological polar surface area (TPSA) is 83.8 Å². The van der Waals surface area contributed by atoms with Gasteiger partial charge < -0.3 is 14.9 Å². The van der Waals surface area contributed by atoms with Gasteiger partial charge in [0.15, 0.2) is 17.1 Å². The van der Waals surface area contributed by atoms with Gasteiger partial charge in [0.2, 0.25) is 0 Å². The van der Waals surface area contributed by atoms with Gasteiger partial charge in [0.25, 0.3) is 0 Å². The Hall–Kier alpha value is -1.60. The van der Waals surface area contributed by atoms with E-state index in [1.165, 1.54) is 19.1 Å². The number of allylic oxidation sites excluding steroid dienone is 4. The second kappa shape index (κ2) is 6.45. The second-order valence-electron chi connectivity index (χ2n) is 10.2. The molecule has 0 aromatic heterocycles. The molecule has 4 rings (SSSR count). The van der Waals surface area contributed by atoms with Crippen molar-refractivity contribution in [1.82, 2.24) is 0 Å². The van der Waals surface area contributed by atoms with E-state index in [9.17, 15) is 19.8 Å². The van der Waals surface area contributed by atoms with E-state index in [1.54, 1.807) is 20.8 Å². The highest BCUT2D eigenvalue weighted by molar-refractivity contribution is 6.01. The van der Waals surface area contributed by atoms with Gasteiger partial charge in [-0.05, 0) is 70.1 Å². The predicted octanol–water partition coefficient (Wildman–Crippen LogP) is 2.99. The largest absolute Gasteiger partial charge is 0.461 e. The van der Waals surface area contributed by atoms with Crippen LogP contribution in [0.1, 0.15) is 53.4 Å². The summed E-state index contributed by atoms with van der Waals surface area (Å²) >= 11 is 0. The first kappa shape index (κ1) is 21.6. The van der Waals surface area contributed by atoms with E-state index in [-0.39, 0.29) is 24.8 Å². The summed E-state index contributed by atoms with van der Waals surface area (Å²) in [6.07, 6.45) is 0.281. The number of ether oxygens (including phenoxy) is 1. The second-order valence-corrected chi connectivity index (χ2v) is 10.2. The monoisotopic (exact) mass is 424 g/mol. The van der Waals surface area contributed by atoms with Gasteiger partial charge in [-0.15, -0.1) is 0 Å². The molecule has 5 nitrogen and oxygen atoms in total. The van der Waals surface area contributed by atoms with Crippen molar-refractivity contribution in [3.63, 3.8) is 0 Å². The molecule has 0 aromatic rings. The van der Waals surface area contributed by atoms with Gasteiger partial charge in [-0.25, -0.2) is 13.6 Å². The normalized spacial score (nSPS) is 49.9. The number of aliphatic hydroxyl groups excluding tert-OH is 1. The Morgan fingerprint density at radius 3 is 2.60 bits per heavy atom. The first-order valence-electron chi connectivity index (χ1n) is 10.7. The molecule has 3 fully saturated rings. The third kappa shape index (κ3) is 2.45. The minimum atomic E-state index is -2.21. The highest BCUT2D eigenvalue weighted by atomic mass is 19.1. The average Bonchev–Trinajstić information content (AvgIpc) is 2.91. The SMILES string of the molecule is CC(C)OC(=O)[C@@]1(O)CCC2C3C[C@H](F)C4=CC(=O)C=C[C@]4(C)[C@@]3(F)[C@@H](O)C[C@@]21C. The molecule has 0 amide bonds. The van der Waals surface area contributed by atoms with Crippen molar-refractivity contribution < 1.29 is 33.3 Å². The molecule has 0 bridgehead atoms. The van der Waals surface area contributed by atoms with Crippen LogP contribution in [0.4, 0.5) is 8.78 Å². The summed E-state index contributed by atoms with van der Waals surface area (Å²) in [5, 5.41) is 22.5. The Kier molecular flexibility index (Phi) is 4.65. The predicted molar refractivity (Wildman–Crippen MR) is 105 cm³/mol. The zero-order valence-electron chi connectivity index (χ0n) is 17.8. The Bertz CT molecular complexity index is 853. The summed E-state index contributed by atoms with van der Waals surface area (Å²) in [6, 6.07) is 0. The van der Waals surface area contributed by atoms with E-state index < -0.39 is 64.1 Å². The smallest absolute Gasteiger partial charge is 0.338 e. The summed E-state index contributed by atoms with van der Waals surface area (Å²) < 4.78 is 37.4. The molecule has 0 heterocycles. The lowest BCUT2D eigenvalue weighted by molar-refractivity contribution is -0.229. The molecule has 4 aliphatic carbocycles. The quantitative estimate of drug-likeness (QED) is 0.666. The molecule has 4 aliphatic rings. The number of hydrogen-bond acceptors (Lipinski definition) is 5. The molecular weight excluding hydrogens is 394 g/mol. The molecule has 30 heavy (non-hydrogen) atoms. The van der Waals surface area contributed by atoms with Crippen LogP contribution < -0.4 is 0 Å². The van der Waals surface area contributed by atoms with Crippen molar-refractivity contribution in [2.75, 3.05) is 0 Å². The number of halogens is 2. The Balaban J connectivity index is 1.79. The van der Waals surface area contributed by atoms with Crippen LogP contribution in [-0.2, 0) is 14.3 Å². The number of fused-ring (bicyclic) bond motifs is 5. The summed E-state index contributed by atoms with van der Waals surface area (Å²) in [5.41, 5.74) is -6.64. The van der Waals surface area contributed by atoms with Crippen molar-refractivity contribution in [3.8, 4) is 0 Å². The maximum atomic E-state index is 16.9. The molecule has 166 valence electrons. The molecule has 0 radical (unpaired) electrons. The van der Waals surface area contributed by atoms with E-state index in [0.717, 1.165) is 6.08 Å². The molecule has 7 heteroatoms. The zero-order valence-corrected chi connectivity index (χ0v) is 17.8. The molecule has 0 saturated heterocycles. The van der Waals surface area contributed by atoms with E-state index in [2.05, 4.69) is 0 Å². The molecule has 2 N–H and O–H groups in total. The van der Waals surface area contributed by atoms with Crippen molar-refractivity contribution in [3.05, 3.63) is 23.8 Å². The summed E-state index contributed by atoms with van der Waals surface area (Å²) in [6.45, 7) is 6.56. The lowest BCUT2D eigenvalue weighted by Crippen LogP contribution is -2.70. The highest BCUT2D eigenvalue weighted by Crippen LogP contribution is 2.70. The van der Waals surface area contributed by atoms with Crippen LogP contribution >= 0.6 is 0 Å².